The molecule has 0 bridgehead atoms. The van der Waals surface area contributed by atoms with Gasteiger partial charge in [0, 0.05) is 19.7 Å². The largest absolute Gasteiger partial charge is 0.478 e. The lowest BCUT2D eigenvalue weighted by atomic mass is 9.94. The summed E-state index contributed by atoms with van der Waals surface area (Å²) in [7, 11) is 1.72. The van der Waals surface area contributed by atoms with Crippen LogP contribution in [0.25, 0.3) is 0 Å². The van der Waals surface area contributed by atoms with Crippen molar-refractivity contribution in [3.05, 3.63) is 23.0 Å². The molecule has 1 N–H and O–H groups in total. The van der Waals surface area contributed by atoms with E-state index in [1.807, 2.05) is 0 Å². The Morgan fingerprint density at radius 2 is 2.21 bits per heavy atom. The summed E-state index contributed by atoms with van der Waals surface area (Å²) in [4.78, 5) is 22.4. The first-order valence-electron chi connectivity index (χ1n) is 4.56. The summed E-state index contributed by atoms with van der Waals surface area (Å²) < 4.78 is 1.63. The Labute approximate surface area is 81.2 Å². The number of carboxylic acid groups (broad SMARTS) is 1. The van der Waals surface area contributed by atoms with Crippen molar-refractivity contribution < 1.29 is 14.7 Å². The second kappa shape index (κ2) is 2.97. The highest BCUT2D eigenvalue weighted by Crippen LogP contribution is 2.25. The van der Waals surface area contributed by atoms with Gasteiger partial charge in [-0.25, -0.2) is 4.79 Å². The van der Waals surface area contributed by atoms with Gasteiger partial charge in [-0.2, -0.15) is 0 Å². The number of aromatic nitrogens is 1. The minimum atomic E-state index is -0.948. The van der Waals surface area contributed by atoms with Gasteiger partial charge in [-0.3, -0.25) is 4.79 Å². The third-order valence-electron chi connectivity index (χ3n) is 2.61. The fourth-order valence-corrected chi connectivity index (χ4v) is 2.02. The lowest BCUT2D eigenvalue weighted by Crippen LogP contribution is -2.14. The average Bonchev–Trinajstić information content (AvgIpc) is 2.45. The fraction of sp³-hybridized carbons (Fsp3) is 0.400. The summed E-state index contributed by atoms with van der Waals surface area (Å²) in [5.41, 5.74) is 1.56. The van der Waals surface area contributed by atoms with E-state index in [1.165, 1.54) is 6.20 Å². The summed E-state index contributed by atoms with van der Waals surface area (Å²) in [5.74, 6) is -0.891. The van der Waals surface area contributed by atoms with Gasteiger partial charge in [-0.1, -0.05) is 0 Å². The second-order valence-electron chi connectivity index (χ2n) is 3.56. The van der Waals surface area contributed by atoms with Crippen LogP contribution in [0.3, 0.4) is 0 Å². The molecule has 0 radical (unpaired) electrons. The molecule has 1 aromatic heterocycles. The predicted octanol–water partition coefficient (Wildman–Crippen LogP) is 1.24. The number of carbonyl (C=O) groups is 2. The zero-order chi connectivity index (χ0) is 10.3. The normalized spacial score (nSPS) is 15.4. The van der Waals surface area contributed by atoms with Crippen molar-refractivity contribution in [1.82, 2.24) is 4.57 Å². The molecule has 0 saturated carbocycles. The Hall–Kier alpha value is -1.58. The van der Waals surface area contributed by atoms with E-state index in [1.54, 1.807) is 11.6 Å². The standard InChI is InChI=1S/C10H11NO3/c1-11-5-7(10(13)14)6-3-2-4-8(12)9(6)11/h5H,2-4H2,1H3,(H,13,14). The summed E-state index contributed by atoms with van der Waals surface area (Å²) in [6.07, 6.45) is 3.51. The van der Waals surface area contributed by atoms with Gasteiger partial charge in [-0.05, 0) is 18.4 Å². The molecule has 0 fully saturated rings. The number of hydrogen-bond donors (Lipinski definition) is 1. The van der Waals surface area contributed by atoms with Gasteiger partial charge in [0.05, 0.1) is 11.3 Å². The van der Waals surface area contributed by atoms with E-state index < -0.39 is 5.97 Å². The third-order valence-corrected chi connectivity index (χ3v) is 2.61. The molecule has 0 amide bonds. The smallest absolute Gasteiger partial charge is 0.337 e. The van der Waals surface area contributed by atoms with Gasteiger partial charge in [0.15, 0.2) is 5.78 Å². The minimum Gasteiger partial charge on any atom is -0.478 e. The lowest BCUT2D eigenvalue weighted by molar-refractivity contribution is 0.0695. The van der Waals surface area contributed by atoms with Gasteiger partial charge < -0.3 is 9.67 Å². The van der Waals surface area contributed by atoms with Crippen molar-refractivity contribution in [1.29, 1.82) is 0 Å². The zero-order valence-corrected chi connectivity index (χ0v) is 7.91. The lowest BCUT2D eigenvalue weighted by Gasteiger charge is -2.12. The molecule has 0 atom stereocenters. The maximum Gasteiger partial charge on any atom is 0.337 e. The average molecular weight is 193 g/mol. The topological polar surface area (TPSA) is 59.3 Å². The number of hydrogen-bond acceptors (Lipinski definition) is 2. The van der Waals surface area contributed by atoms with Crippen LogP contribution in [0.4, 0.5) is 0 Å². The number of fused-ring (bicyclic) bond motifs is 1. The first-order chi connectivity index (χ1) is 6.61. The molecule has 1 aliphatic rings. The highest BCUT2D eigenvalue weighted by Gasteiger charge is 2.26. The van der Waals surface area contributed by atoms with E-state index in [9.17, 15) is 9.59 Å². The first-order valence-corrected chi connectivity index (χ1v) is 4.56. The number of carboxylic acids is 1. The monoisotopic (exact) mass is 193 g/mol. The Morgan fingerprint density at radius 3 is 2.86 bits per heavy atom. The quantitative estimate of drug-likeness (QED) is 0.730. The highest BCUT2D eigenvalue weighted by atomic mass is 16.4. The van der Waals surface area contributed by atoms with E-state index in [-0.39, 0.29) is 11.3 Å². The molecule has 1 aliphatic carbocycles. The Bertz CT molecular complexity index is 417. The Kier molecular flexibility index (Phi) is 1.91. The summed E-state index contributed by atoms with van der Waals surface area (Å²) in [6.45, 7) is 0. The molecule has 2 rings (SSSR count). The number of carbonyl (C=O) groups excluding carboxylic acids is 1. The van der Waals surface area contributed by atoms with Crippen LogP contribution in [-0.2, 0) is 13.5 Å². The fourth-order valence-electron chi connectivity index (χ4n) is 2.02. The van der Waals surface area contributed by atoms with Crippen LogP contribution < -0.4 is 0 Å². The van der Waals surface area contributed by atoms with Crippen LogP contribution in [-0.4, -0.2) is 21.4 Å². The summed E-state index contributed by atoms with van der Waals surface area (Å²) >= 11 is 0. The van der Waals surface area contributed by atoms with Crippen molar-refractivity contribution in [2.45, 2.75) is 19.3 Å². The Balaban J connectivity index is 2.63. The second-order valence-corrected chi connectivity index (χ2v) is 3.56. The highest BCUT2D eigenvalue weighted by molar-refractivity contribution is 6.01. The SMILES string of the molecule is Cn1cc(C(=O)O)c2c1C(=O)CCC2. The first kappa shape index (κ1) is 8.99. The van der Waals surface area contributed by atoms with E-state index in [0.29, 0.717) is 24.1 Å². The van der Waals surface area contributed by atoms with E-state index in [4.69, 9.17) is 5.11 Å². The molecule has 0 spiro atoms. The number of Topliss-reactive ketones (excluding diaryl/α,β-unsaturated/α-hetero) is 1. The maximum atomic E-state index is 11.5. The molecule has 14 heavy (non-hydrogen) atoms. The van der Waals surface area contributed by atoms with Crippen molar-refractivity contribution >= 4 is 11.8 Å². The molecule has 0 unspecified atom stereocenters. The maximum absolute atomic E-state index is 11.5. The van der Waals surface area contributed by atoms with Crippen molar-refractivity contribution in [3.8, 4) is 0 Å². The number of nitrogens with zero attached hydrogens (tertiary/aromatic N) is 1. The van der Waals surface area contributed by atoms with Crippen LogP contribution in [0.5, 0.6) is 0 Å². The van der Waals surface area contributed by atoms with E-state index in [2.05, 4.69) is 0 Å². The van der Waals surface area contributed by atoms with Crippen LogP contribution in [0, 0.1) is 0 Å². The molecule has 4 heteroatoms. The number of ketones is 1. The summed E-state index contributed by atoms with van der Waals surface area (Å²) in [5, 5.41) is 8.92. The molecule has 4 nitrogen and oxygen atoms in total. The number of aryl methyl sites for hydroxylation is 1. The predicted molar refractivity (Wildman–Crippen MR) is 49.6 cm³/mol. The van der Waals surface area contributed by atoms with Crippen molar-refractivity contribution in [3.63, 3.8) is 0 Å². The molecule has 0 aromatic carbocycles. The van der Waals surface area contributed by atoms with Gasteiger partial charge in [0.2, 0.25) is 0 Å². The number of aromatic carboxylic acids is 1. The molecular weight excluding hydrogens is 182 g/mol. The van der Waals surface area contributed by atoms with Crippen molar-refractivity contribution in [2.75, 3.05) is 0 Å². The Morgan fingerprint density at radius 1 is 1.50 bits per heavy atom. The molecule has 1 aromatic rings. The van der Waals surface area contributed by atoms with Crippen LogP contribution in [0.2, 0.25) is 0 Å². The van der Waals surface area contributed by atoms with Gasteiger partial charge >= 0.3 is 5.97 Å². The molecule has 0 aliphatic heterocycles. The van der Waals surface area contributed by atoms with Gasteiger partial charge in [-0.15, -0.1) is 0 Å². The van der Waals surface area contributed by atoms with E-state index in [0.717, 1.165) is 6.42 Å². The third kappa shape index (κ3) is 1.14. The molecule has 0 saturated heterocycles. The minimum absolute atomic E-state index is 0.0567. The van der Waals surface area contributed by atoms with Crippen LogP contribution >= 0.6 is 0 Å². The van der Waals surface area contributed by atoms with E-state index >= 15 is 0 Å². The number of rotatable bonds is 1. The van der Waals surface area contributed by atoms with Crippen LogP contribution in [0.1, 0.15) is 39.3 Å². The summed E-state index contributed by atoms with van der Waals surface area (Å²) in [6, 6.07) is 0. The molecular formula is C10H11NO3. The van der Waals surface area contributed by atoms with Gasteiger partial charge in [0.1, 0.15) is 0 Å². The molecule has 74 valence electrons. The van der Waals surface area contributed by atoms with Gasteiger partial charge in [0.25, 0.3) is 0 Å². The van der Waals surface area contributed by atoms with Crippen molar-refractivity contribution in [2.24, 2.45) is 7.05 Å². The molecule has 1 heterocycles. The zero-order valence-electron chi connectivity index (χ0n) is 7.91. The van der Waals surface area contributed by atoms with Crippen LogP contribution in [0.15, 0.2) is 6.20 Å².